The zero-order chi connectivity index (χ0) is 9.42. The number of benzene rings is 1. The van der Waals surface area contributed by atoms with Gasteiger partial charge in [-0.3, -0.25) is 4.98 Å². The summed E-state index contributed by atoms with van der Waals surface area (Å²) in [5, 5.41) is 10.5. The van der Waals surface area contributed by atoms with Crippen LogP contribution in [0.2, 0.25) is 0 Å². The molecule has 0 aliphatic rings. The Morgan fingerprint density at radius 1 is 1.46 bits per heavy atom. The molecule has 0 amide bonds. The molecule has 3 heteroatoms. The van der Waals surface area contributed by atoms with Crippen LogP contribution in [0.1, 0.15) is 5.56 Å². The minimum Gasteiger partial charge on any atom is -0.507 e. The summed E-state index contributed by atoms with van der Waals surface area (Å²) in [6.45, 7) is 1.93. The van der Waals surface area contributed by atoms with Gasteiger partial charge in [0.15, 0.2) is 0 Å². The lowest BCUT2D eigenvalue weighted by Gasteiger charge is -2.04. The fraction of sp³-hybridized carbons (Fsp3) is 0.100. The molecule has 0 spiro atoms. The van der Waals surface area contributed by atoms with Crippen LogP contribution in [0.25, 0.3) is 10.9 Å². The van der Waals surface area contributed by atoms with Gasteiger partial charge in [0.2, 0.25) is 0 Å². The van der Waals surface area contributed by atoms with Crippen molar-refractivity contribution in [3.63, 3.8) is 0 Å². The standard InChI is InChI=1S/C10H8BrNO/c1-6-5-8(13)9(11)7-3-2-4-12-10(6)7/h2-5,13H,1H3. The van der Waals surface area contributed by atoms with Gasteiger partial charge in [-0.1, -0.05) is 0 Å². The number of halogens is 1. The van der Waals surface area contributed by atoms with Crippen LogP contribution in [0.3, 0.4) is 0 Å². The highest BCUT2D eigenvalue weighted by molar-refractivity contribution is 9.10. The first-order valence-electron chi connectivity index (χ1n) is 3.93. The monoisotopic (exact) mass is 237 g/mol. The normalized spacial score (nSPS) is 10.6. The van der Waals surface area contributed by atoms with Crippen molar-refractivity contribution in [3.05, 3.63) is 34.4 Å². The van der Waals surface area contributed by atoms with E-state index in [-0.39, 0.29) is 5.75 Å². The number of aromatic hydroxyl groups is 1. The SMILES string of the molecule is Cc1cc(O)c(Br)c2cccnc12. The quantitative estimate of drug-likeness (QED) is 0.765. The van der Waals surface area contributed by atoms with E-state index in [2.05, 4.69) is 20.9 Å². The Balaban J connectivity index is 2.97. The molecule has 66 valence electrons. The summed E-state index contributed by atoms with van der Waals surface area (Å²) in [6.07, 6.45) is 1.75. The van der Waals surface area contributed by atoms with Crippen LogP contribution >= 0.6 is 15.9 Å². The van der Waals surface area contributed by atoms with E-state index in [0.29, 0.717) is 4.47 Å². The molecular weight excluding hydrogens is 230 g/mol. The number of rotatable bonds is 0. The van der Waals surface area contributed by atoms with Crippen LogP contribution < -0.4 is 0 Å². The maximum atomic E-state index is 9.52. The summed E-state index contributed by atoms with van der Waals surface area (Å²) in [6, 6.07) is 5.49. The maximum absolute atomic E-state index is 9.52. The van der Waals surface area contributed by atoms with Crippen LogP contribution in [0.15, 0.2) is 28.9 Å². The van der Waals surface area contributed by atoms with E-state index in [1.165, 1.54) is 0 Å². The van der Waals surface area contributed by atoms with Gasteiger partial charge >= 0.3 is 0 Å². The Morgan fingerprint density at radius 3 is 3.00 bits per heavy atom. The van der Waals surface area contributed by atoms with E-state index in [4.69, 9.17) is 0 Å². The van der Waals surface area contributed by atoms with Crippen molar-refractivity contribution in [2.45, 2.75) is 6.92 Å². The third kappa shape index (κ3) is 1.29. The summed E-state index contributed by atoms with van der Waals surface area (Å²) < 4.78 is 0.709. The number of pyridine rings is 1. The Bertz CT molecular complexity index is 468. The molecular formula is C10H8BrNO. The molecule has 0 saturated carbocycles. The zero-order valence-electron chi connectivity index (χ0n) is 7.08. The Morgan fingerprint density at radius 2 is 2.23 bits per heavy atom. The van der Waals surface area contributed by atoms with Crippen LogP contribution in [0.4, 0.5) is 0 Å². The molecule has 2 rings (SSSR count). The van der Waals surface area contributed by atoms with E-state index in [9.17, 15) is 5.11 Å². The number of aromatic nitrogens is 1. The highest BCUT2D eigenvalue weighted by Crippen LogP contribution is 2.33. The highest BCUT2D eigenvalue weighted by atomic mass is 79.9. The van der Waals surface area contributed by atoms with Gasteiger partial charge in [-0.2, -0.15) is 0 Å². The van der Waals surface area contributed by atoms with Crippen LogP contribution in [0.5, 0.6) is 5.75 Å². The van der Waals surface area contributed by atoms with Gasteiger partial charge < -0.3 is 5.11 Å². The van der Waals surface area contributed by atoms with Crippen molar-refractivity contribution in [2.75, 3.05) is 0 Å². The van der Waals surface area contributed by atoms with E-state index >= 15 is 0 Å². The molecule has 0 fully saturated rings. The van der Waals surface area contributed by atoms with Gasteiger partial charge in [-0.25, -0.2) is 0 Å². The fourth-order valence-electron chi connectivity index (χ4n) is 1.37. The first-order chi connectivity index (χ1) is 6.20. The van der Waals surface area contributed by atoms with Crippen LogP contribution in [-0.2, 0) is 0 Å². The molecule has 0 atom stereocenters. The predicted octanol–water partition coefficient (Wildman–Crippen LogP) is 3.01. The molecule has 2 nitrogen and oxygen atoms in total. The molecule has 0 unspecified atom stereocenters. The van der Waals surface area contributed by atoms with Gasteiger partial charge in [-0.15, -0.1) is 0 Å². The summed E-state index contributed by atoms with van der Waals surface area (Å²) >= 11 is 3.32. The molecule has 0 saturated heterocycles. The maximum Gasteiger partial charge on any atom is 0.130 e. The number of aryl methyl sites for hydroxylation is 1. The van der Waals surface area contributed by atoms with E-state index < -0.39 is 0 Å². The summed E-state index contributed by atoms with van der Waals surface area (Å²) in [4.78, 5) is 4.24. The molecule has 0 radical (unpaired) electrons. The first-order valence-corrected chi connectivity index (χ1v) is 4.72. The van der Waals surface area contributed by atoms with Gasteiger partial charge in [0.25, 0.3) is 0 Å². The Kier molecular flexibility index (Phi) is 1.96. The summed E-state index contributed by atoms with van der Waals surface area (Å²) in [5.74, 6) is 0.262. The molecule has 1 heterocycles. The topological polar surface area (TPSA) is 33.1 Å². The van der Waals surface area contributed by atoms with Crippen molar-refractivity contribution in [1.29, 1.82) is 0 Å². The van der Waals surface area contributed by atoms with Gasteiger partial charge in [0.05, 0.1) is 9.99 Å². The average Bonchev–Trinajstić information content (AvgIpc) is 2.15. The van der Waals surface area contributed by atoms with E-state index in [1.54, 1.807) is 12.3 Å². The highest BCUT2D eigenvalue weighted by Gasteiger charge is 2.06. The van der Waals surface area contributed by atoms with Gasteiger partial charge in [-0.05, 0) is 46.6 Å². The predicted molar refractivity (Wildman–Crippen MR) is 55.8 cm³/mol. The lowest BCUT2D eigenvalue weighted by molar-refractivity contribution is 0.472. The summed E-state index contributed by atoms with van der Waals surface area (Å²) in [7, 11) is 0. The van der Waals surface area contributed by atoms with E-state index in [1.807, 2.05) is 19.1 Å². The second kappa shape index (κ2) is 3.00. The number of phenols is 1. The molecule has 1 aromatic carbocycles. The van der Waals surface area contributed by atoms with E-state index in [0.717, 1.165) is 16.5 Å². The van der Waals surface area contributed by atoms with Crippen LogP contribution in [-0.4, -0.2) is 10.1 Å². The number of nitrogens with zero attached hydrogens (tertiary/aromatic N) is 1. The molecule has 0 bridgehead atoms. The van der Waals surface area contributed by atoms with Crippen molar-refractivity contribution < 1.29 is 5.11 Å². The molecule has 2 aromatic rings. The largest absolute Gasteiger partial charge is 0.507 e. The molecule has 13 heavy (non-hydrogen) atoms. The minimum atomic E-state index is 0.262. The number of hydrogen-bond donors (Lipinski definition) is 1. The number of hydrogen-bond acceptors (Lipinski definition) is 2. The smallest absolute Gasteiger partial charge is 0.130 e. The van der Waals surface area contributed by atoms with Gasteiger partial charge in [0, 0.05) is 11.6 Å². The molecule has 0 aliphatic carbocycles. The number of phenolic OH excluding ortho intramolecular Hbond substituents is 1. The minimum absolute atomic E-state index is 0.262. The second-order valence-corrected chi connectivity index (χ2v) is 3.72. The Hall–Kier alpha value is -1.09. The molecule has 1 aromatic heterocycles. The lowest BCUT2D eigenvalue weighted by Crippen LogP contribution is -1.84. The molecule has 1 N–H and O–H groups in total. The van der Waals surface area contributed by atoms with Crippen LogP contribution in [0, 0.1) is 6.92 Å². The fourth-order valence-corrected chi connectivity index (χ4v) is 1.81. The van der Waals surface area contributed by atoms with Crippen molar-refractivity contribution >= 4 is 26.8 Å². The van der Waals surface area contributed by atoms with Gasteiger partial charge in [0.1, 0.15) is 5.75 Å². The van der Waals surface area contributed by atoms with Crippen molar-refractivity contribution in [2.24, 2.45) is 0 Å². The zero-order valence-corrected chi connectivity index (χ0v) is 8.67. The third-order valence-corrected chi connectivity index (χ3v) is 2.83. The van der Waals surface area contributed by atoms with Crippen molar-refractivity contribution in [1.82, 2.24) is 4.98 Å². The first kappa shape index (κ1) is 8.51. The lowest BCUT2D eigenvalue weighted by atomic mass is 10.1. The molecule has 0 aliphatic heterocycles. The second-order valence-electron chi connectivity index (χ2n) is 2.93. The Labute approximate surface area is 84.4 Å². The average molecular weight is 238 g/mol. The van der Waals surface area contributed by atoms with Crippen molar-refractivity contribution in [3.8, 4) is 5.75 Å². The summed E-state index contributed by atoms with van der Waals surface area (Å²) in [5.41, 5.74) is 1.91. The third-order valence-electron chi connectivity index (χ3n) is 2.00. The number of fused-ring (bicyclic) bond motifs is 1.